The summed E-state index contributed by atoms with van der Waals surface area (Å²) in [5.41, 5.74) is 8.44. The van der Waals surface area contributed by atoms with E-state index in [1.54, 1.807) is 14.1 Å². The average Bonchev–Trinajstić information content (AvgIpc) is 2.73. The highest BCUT2D eigenvalue weighted by Gasteiger charge is 2.63. The van der Waals surface area contributed by atoms with Crippen molar-refractivity contribution in [3.05, 3.63) is 39.9 Å². The van der Waals surface area contributed by atoms with E-state index in [4.69, 9.17) is 11.5 Å². The highest BCUT2D eigenvalue weighted by molar-refractivity contribution is 6.25. The van der Waals surface area contributed by atoms with Crippen molar-refractivity contribution < 1.29 is 34.8 Å². The van der Waals surface area contributed by atoms with Crippen molar-refractivity contribution in [1.82, 2.24) is 4.90 Å². The number of aliphatic hydroxyl groups is 3. The van der Waals surface area contributed by atoms with Crippen molar-refractivity contribution >= 4 is 28.8 Å². The number of hydrogen-bond donors (Lipinski definition) is 7. The number of likely N-dealkylation sites (N-methyl/N-ethyl adjacent to an activating group) is 1. The standard InChI is InChI=1S/C24H30N4O7/c1-8(2)27-13-7-12(25)18(29)15-10(13)5-9-6-11-17(28(3)4)20(31)16(23(26)34)22(33)24(11,35)21(32)14(9)19(15)30/h7-9,11,17,27,29,31-32,35H,5-6,25H2,1-4H3,(H2,26,34)/t9?,11?,17-,24-/m0/s1. The highest BCUT2D eigenvalue weighted by atomic mass is 16.3. The molecule has 2 unspecified atom stereocenters. The molecule has 9 N–H and O–H groups in total. The van der Waals surface area contributed by atoms with Crippen LogP contribution in [0.25, 0.3) is 0 Å². The number of anilines is 2. The van der Waals surface area contributed by atoms with Gasteiger partial charge in [0.05, 0.1) is 17.3 Å². The Morgan fingerprint density at radius 2 is 1.86 bits per heavy atom. The number of fused-ring (bicyclic) bond motifs is 3. The molecule has 11 nitrogen and oxygen atoms in total. The summed E-state index contributed by atoms with van der Waals surface area (Å²) in [7, 11) is 3.16. The second kappa shape index (κ2) is 7.99. The lowest BCUT2D eigenvalue weighted by Crippen LogP contribution is -2.63. The fourth-order valence-electron chi connectivity index (χ4n) is 5.78. The third kappa shape index (κ3) is 3.29. The monoisotopic (exact) mass is 486 g/mol. The fraction of sp³-hybridized carbons (Fsp3) is 0.458. The summed E-state index contributed by atoms with van der Waals surface area (Å²) < 4.78 is 0. The number of Topliss-reactive ketones (excluding diaryl/α,β-unsaturated/α-hetero) is 2. The molecule has 0 fully saturated rings. The van der Waals surface area contributed by atoms with E-state index in [2.05, 4.69) is 5.32 Å². The molecular formula is C24H30N4O7. The zero-order valence-corrected chi connectivity index (χ0v) is 19.9. The summed E-state index contributed by atoms with van der Waals surface area (Å²) in [4.78, 5) is 40.4. The van der Waals surface area contributed by atoms with Crippen LogP contribution < -0.4 is 16.8 Å². The first-order chi connectivity index (χ1) is 16.2. The SMILES string of the molecule is CC(C)Nc1cc(N)c(O)c2c1CC1CC3[C@H](N(C)C)C(O)=C(C(N)=O)C(=O)[C@@]3(O)C(O)=C1C2=O. The van der Waals surface area contributed by atoms with E-state index in [-0.39, 0.29) is 35.7 Å². The number of allylic oxidation sites excluding steroid dienone is 1. The lowest BCUT2D eigenvalue weighted by molar-refractivity contribution is -0.148. The van der Waals surface area contributed by atoms with Crippen LogP contribution in [0.4, 0.5) is 11.4 Å². The Morgan fingerprint density at radius 1 is 1.23 bits per heavy atom. The summed E-state index contributed by atoms with van der Waals surface area (Å²) in [5, 5.41) is 47.5. The van der Waals surface area contributed by atoms with E-state index in [0.717, 1.165) is 0 Å². The third-order valence-corrected chi connectivity index (χ3v) is 7.20. The molecule has 1 aromatic rings. The number of rotatable bonds is 4. The van der Waals surface area contributed by atoms with Crippen LogP contribution in [0.5, 0.6) is 5.75 Å². The molecule has 0 saturated heterocycles. The second-order valence-electron chi connectivity index (χ2n) is 9.98. The first-order valence-corrected chi connectivity index (χ1v) is 11.3. The number of nitrogens with zero attached hydrogens (tertiary/aromatic N) is 1. The number of aromatic hydroxyl groups is 1. The Kier molecular flexibility index (Phi) is 5.61. The molecule has 0 heterocycles. The molecule has 188 valence electrons. The highest BCUT2D eigenvalue weighted by Crippen LogP contribution is 2.53. The maximum Gasteiger partial charge on any atom is 0.255 e. The van der Waals surface area contributed by atoms with Crippen LogP contribution in [-0.4, -0.2) is 74.6 Å². The summed E-state index contributed by atoms with van der Waals surface area (Å²) in [5.74, 6) is -6.98. The van der Waals surface area contributed by atoms with E-state index in [0.29, 0.717) is 11.3 Å². The molecule has 3 aliphatic carbocycles. The number of nitrogens with one attached hydrogen (secondary N) is 1. The molecule has 11 heteroatoms. The van der Waals surface area contributed by atoms with Gasteiger partial charge < -0.3 is 37.2 Å². The number of phenolic OH excluding ortho intramolecular Hbond substituents is 1. The van der Waals surface area contributed by atoms with Crippen LogP contribution in [0.2, 0.25) is 0 Å². The molecular weight excluding hydrogens is 456 g/mol. The number of nitrogen functional groups attached to an aromatic ring is 1. The minimum Gasteiger partial charge on any atom is -0.510 e. The minimum absolute atomic E-state index is 0.0108. The number of hydrogen-bond acceptors (Lipinski definition) is 10. The number of phenols is 1. The molecule has 0 aliphatic heterocycles. The normalized spacial score (nSPS) is 28.3. The van der Waals surface area contributed by atoms with E-state index >= 15 is 0 Å². The Morgan fingerprint density at radius 3 is 2.40 bits per heavy atom. The predicted molar refractivity (Wildman–Crippen MR) is 127 cm³/mol. The number of ketones is 2. The average molecular weight is 487 g/mol. The van der Waals surface area contributed by atoms with Gasteiger partial charge in [0.2, 0.25) is 5.78 Å². The van der Waals surface area contributed by atoms with Gasteiger partial charge in [-0.05, 0) is 58.3 Å². The Hall–Kier alpha value is -3.57. The molecule has 0 bridgehead atoms. The van der Waals surface area contributed by atoms with Crippen LogP contribution in [0.1, 0.15) is 36.2 Å². The maximum absolute atomic E-state index is 13.6. The predicted octanol–water partition coefficient (Wildman–Crippen LogP) is 0.523. The van der Waals surface area contributed by atoms with Gasteiger partial charge in [-0.2, -0.15) is 0 Å². The van der Waals surface area contributed by atoms with Crippen molar-refractivity contribution in [3.8, 4) is 5.75 Å². The fourth-order valence-corrected chi connectivity index (χ4v) is 5.78. The van der Waals surface area contributed by atoms with Gasteiger partial charge in [0, 0.05) is 23.2 Å². The van der Waals surface area contributed by atoms with Gasteiger partial charge in [-0.3, -0.25) is 19.3 Å². The Labute approximate surface area is 201 Å². The van der Waals surface area contributed by atoms with E-state index < -0.39 is 63.8 Å². The molecule has 1 aromatic carbocycles. The van der Waals surface area contributed by atoms with Crippen LogP contribution >= 0.6 is 0 Å². The topological polar surface area (TPSA) is 199 Å². The quantitative estimate of drug-likeness (QED) is 0.136. The minimum atomic E-state index is -2.67. The zero-order valence-electron chi connectivity index (χ0n) is 19.9. The van der Waals surface area contributed by atoms with E-state index in [1.165, 1.54) is 11.0 Å². The number of nitrogens with two attached hydrogens (primary N) is 2. The van der Waals surface area contributed by atoms with Gasteiger partial charge in [0.25, 0.3) is 5.91 Å². The van der Waals surface area contributed by atoms with Crippen molar-refractivity contribution in [3.63, 3.8) is 0 Å². The van der Waals surface area contributed by atoms with Crippen molar-refractivity contribution in [2.45, 2.75) is 44.4 Å². The van der Waals surface area contributed by atoms with Gasteiger partial charge in [-0.25, -0.2) is 0 Å². The van der Waals surface area contributed by atoms with Crippen LogP contribution in [0.15, 0.2) is 28.7 Å². The Balaban J connectivity index is 1.97. The largest absolute Gasteiger partial charge is 0.510 e. The first-order valence-electron chi connectivity index (χ1n) is 11.3. The lowest BCUT2D eigenvalue weighted by Gasteiger charge is -2.50. The number of primary amides is 1. The maximum atomic E-state index is 13.6. The zero-order chi connectivity index (χ0) is 26.1. The number of benzene rings is 1. The van der Waals surface area contributed by atoms with E-state index in [9.17, 15) is 34.8 Å². The van der Waals surface area contributed by atoms with Crippen molar-refractivity contribution in [2.75, 3.05) is 25.1 Å². The molecule has 0 saturated carbocycles. The van der Waals surface area contributed by atoms with Crippen molar-refractivity contribution in [1.29, 1.82) is 0 Å². The molecule has 4 rings (SSSR count). The lowest BCUT2D eigenvalue weighted by atomic mass is 9.58. The van der Waals surface area contributed by atoms with Gasteiger partial charge in [0.15, 0.2) is 11.4 Å². The van der Waals surface area contributed by atoms with Crippen LogP contribution in [-0.2, 0) is 16.0 Å². The number of aliphatic hydroxyl groups excluding tert-OH is 2. The molecule has 4 atom stereocenters. The van der Waals surface area contributed by atoms with Gasteiger partial charge in [-0.1, -0.05) is 0 Å². The van der Waals surface area contributed by atoms with Gasteiger partial charge in [-0.15, -0.1) is 0 Å². The molecule has 1 amide bonds. The van der Waals surface area contributed by atoms with Crippen molar-refractivity contribution in [2.24, 2.45) is 17.6 Å². The number of amides is 1. The summed E-state index contributed by atoms with van der Waals surface area (Å²) in [6, 6.07) is 0.493. The summed E-state index contributed by atoms with van der Waals surface area (Å²) >= 11 is 0. The van der Waals surface area contributed by atoms with Crippen LogP contribution in [0.3, 0.4) is 0 Å². The Bertz CT molecular complexity index is 1230. The molecule has 3 aliphatic rings. The van der Waals surface area contributed by atoms with Gasteiger partial charge in [0.1, 0.15) is 22.8 Å². The number of carbonyl (C=O) groups is 3. The third-order valence-electron chi connectivity index (χ3n) is 7.20. The second-order valence-corrected chi connectivity index (χ2v) is 9.98. The van der Waals surface area contributed by atoms with E-state index in [1.807, 2.05) is 13.8 Å². The first kappa shape index (κ1) is 24.6. The molecule has 0 spiro atoms. The molecule has 0 aromatic heterocycles. The van der Waals surface area contributed by atoms with Gasteiger partial charge >= 0.3 is 0 Å². The number of carbonyl (C=O) groups excluding carboxylic acids is 3. The molecule has 35 heavy (non-hydrogen) atoms. The molecule has 0 radical (unpaired) electrons. The smallest absolute Gasteiger partial charge is 0.255 e. The van der Waals surface area contributed by atoms with Crippen LogP contribution in [0, 0.1) is 11.8 Å². The summed E-state index contributed by atoms with van der Waals surface area (Å²) in [6.07, 6.45) is 0.218. The summed E-state index contributed by atoms with van der Waals surface area (Å²) in [6.45, 7) is 3.80.